The molecular weight excluding hydrogens is 386 g/mol. The number of fused-ring (bicyclic) bond motifs is 1. The first-order chi connectivity index (χ1) is 15.3. The van der Waals surface area contributed by atoms with Gasteiger partial charge in [-0.15, -0.1) is 0 Å². The molecule has 1 saturated carbocycles. The third-order valence-corrected chi connectivity index (χ3v) is 7.12. The van der Waals surface area contributed by atoms with E-state index in [0.717, 1.165) is 57.6 Å². The molecule has 160 valence electrons. The third-order valence-electron chi connectivity index (χ3n) is 7.12. The smallest absolute Gasteiger partial charge is 0.225 e. The number of hydrogen-bond acceptors (Lipinski definition) is 4. The molecular formula is C25H29N5O. The minimum absolute atomic E-state index is 0.309. The van der Waals surface area contributed by atoms with Crippen LogP contribution in [-0.4, -0.2) is 59.7 Å². The van der Waals surface area contributed by atoms with Gasteiger partial charge in [0, 0.05) is 56.6 Å². The van der Waals surface area contributed by atoms with Gasteiger partial charge >= 0.3 is 0 Å². The lowest BCUT2D eigenvalue weighted by molar-refractivity contribution is -0.132. The fraction of sp³-hybridized carbons (Fsp3) is 0.440. The van der Waals surface area contributed by atoms with Crippen molar-refractivity contribution in [2.45, 2.75) is 25.2 Å². The number of piperazine rings is 1. The lowest BCUT2D eigenvalue weighted by atomic mass is 9.96. The summed E-state index contributed by atoms with van der Waals surface area (Å²) < 4.78 is 1.99. The molecule has 0 bridgehead atoms. The molecule has 0 radical (unpaired) electrons. The first-order valence-electron chi connectivity index (χ1n) is 11.6. The van der Waals surface area contributed by atoms with Crippen LogP contribution < -0.4 is 10.2 Å². The molecule has 4 heterocycles. The molecule has 6 heteroatoms. The van der Waals surface area contributed by atoms with Gasteiger partial charge in [0.15, 0.2) is 0 Å². The number of carbonyl (C=O) groups is 1. The molecule has 1 amide bonds. The van der Waals surface area contributed by atoms with E-state index in [1.54, 1.807) is 0 Å². The number of nitrogens with one attached hydrogen (secondary N) is 1. The van der Waals surface area contributed by atoms with Crippen molar-refractivity contribution in [2.24, 2.45) is 5.92 Å². The summed E-state index contributed by atoms with van der Waals surface area (Å²) in [5, 5.41) is 8.01. The number of anilines is 1. The van der Waals surface area contributed by atoms with E-state index in [1.807, 2.05) is 10.7 Å². The van der Waals surface area contributed by atoms with Crippen LogP contribution in [0.15, 0.2) is 48.8 Å². The van der Waals surface area contributed by atoms with Crippen molar-refractivity contribution in [3.8, 4) is 11.1 Å². The Bertz CT molecular complexity index is 1090. The fourth-order valence-electron chi connectivity index (χ4n) is 5.07. The zero-order valence-corrected chi connectivity index (χ0v) is 17.8. The van der Waals surface area contributed by atoms with Crippen molar-refractivity contribution in [3.05, 3.63) is 54.4 Å². The van der Waals surface area contributed by atoms with Gasteiger partial charge in [0.25, 0.3) is 0 Å². The number of carbonyl (C=O) groups excluding carboxylic acids is 1. The number of amides is 1. The molecule has 0 spiro atoms. The highest BCUT2D eigenvalue weighted by atomic mass is 16.2. The molecule has 6 rings (SSSR count). The van der Waals surface area contributed by atoms with Crippen molar-refractivity contribution in [3.63, 3.8) is 0 Å². The molecule has 3 fully saturated rings. The second-order valence-electron chi connectivity index (χ2n) is 9.17. The summed E-state index contributed by atoms with van der Waals surface area (Å²) in [6, 6.07) is 13.4. The molecule has 1 unspecified atom stereocenters. The van der Waals surface area contributed by atoms with E-state index in [-0.39, 0.29) is 0 Å². The Morgan fingerprint density at radius 1 is 0.968 bits per heavy atom. The Hall–Kier alpha value is -2.86. The van der Waals surface area contributed by atoms with Crippen LogP contribution >= 0.6 is 0 Å². The Morgan fingerprint density at radius 3 is 2.48 bits per heavy atom. The van der Waals surface area contributed by atoms with Crippen LogP contribution in [0.4, 0.5) is 5.69 Å². The van der Waals surface area contributed by atoms with Gasteiger partial charge < -0.3 is 15.1 Å². The molecule has 2 aromatic heterocycles. The van der Waals surface area contributed by atoms with E-state index in [1.165, 1.54) is 28.8 Å². The Kier molecular flexibility index (Phi) is 4.68. The fourth-order valence-corrected chi connectivity index (χ4v) is 5.07. The van der Waals surface area contributed by atoms with Gasteiger partial charge in [0.1, 0.15) is 0 Å². The lowest BCUT2D eigenvalue weighted by Crippen LogP contribution is -2.49. The topological polar surface area (TPSA) is 52.9 Å². The first kappa shape index (κ1) is 18.9. The van der Waals surface area contributed by atoms with Gasteiger partial charge in [-0.1, -0.05) is 24.3 Å². The summed E-state index contributed by atoms with van der Waals surface area (Å²) in [7, 11) is 0. The second-order valence-corrected chi connectivity index (χ2v) is 9.17. The molecule has 1 aliphatic carbocycles. The van der Waals surface area contributed by atoms with E-state index >= 15 is 0 Å². The van der Waals surface area contributed by atoms with E-state index in [2.05, 4.69) is 62.8 Å². The monoisotopic (exact) mass is 415 g/mol. The molecule has 31 heavy (non-hydrogen) atoms. The van der Waals surface area contributed by atoms with Crippen LogP contribution in [0.2, 0.25) is 0 Å². The van der Waals surface area contributed by atoms with Crippen molar-refractivity contribution < 1.29 is 4.79 Å². The molecule has 6 nitrogen and oxygen atoms in total. The standard InChI is InChI=1S/C25H29N5O/c31-25(20-5-6-20)29-13-11-28(12-14-29)23-8-10-27-30-17-22(15-24(23)30)19-3-1-18(2-4-19)21-7-9-26-16-21/h1-4,8,10,15,17,20-21,26H,5-7,9,11-14,16H2. The first-order valence-corrected chi connectivity index (χ1v) is 11.6. The quantitative estimate of drug-likeness (QED) is 0.711. The van der Waals surface area contributed by atoms with E-state index in [9.17, 15) is 4.79 Å². The average molecular weight is 416 g/mol. The molecule has 1 N–H and O–H groups in total. The molecule has 1 aromatic carbocycles. The van der Waals surface area contributed by atoms with Crippen LogP contribution in [0.5, 0.6) is 0 Å². The lowest BCUT2D eigenvalue weighted by Gasteiger charge is -2.36. The second kappa shape index (κ2) is 7.68. The summed E-state index contributed by atoms with van der Waals surface area (Å²) >= 11 is 0. The van der Waals surface area contributed by atoms with Crippen molar-refractivity contribution in [2.75, 3.05) is 44.2 Å². The summed E-state index contributed by atoms with van der Waals surface area (Å²) in [4.78, 5) is 16.8. The van der Waals surface area contributed by atoms with Crippen molar-refractivity contribution in [1.29, 1.82) is 0 Å². The van der Waals surface area contributed by atoms with Gasteiger partial charge in [-0.25, -0.2) is 4.52 Å². The molecule has 3 aromatic rings. The highest BCUT2D eigenvalue weighted by molar-refractivity contribution is 5.82. The van der Waals surface area contributed by atoms with Crippen LogP contribution in [0.1, 0.15) is 30.7 Å². The minimum atomic E-state index is 0.309. The van der Waals surface area contributed by atoms with Crippen LogP contribution in [0, 0.1) is 5.92 Å². The maximum absolute atomic E-state index is 12.4. The highest BCUT2D eigenvalue weighted by Gasteiger charge is 2.34. The molecule has 2 aliphatic heterocycles. The molecule has 2 saturated heterocycles. The maximum atomic E-state index is 12.4. The minimum Gasteiger partial charge on any atom is -0.366 e. The number of aromatic nitrogens is 2. The summed E-state index contributed by atoms with van der Waals surface area (Å²) in [6.45, 7) is 5.59. The zero-order valence-electron chi connectivity index (χ0n) is 17.8. The van der Waals surface area contributed by atoms with Crippen molar-refractivity contribution in [1.82, 2.24) is 19.8 Å². The van der Waals surface area contributed by atoms with E-state index in [0.29, 0.717) is 17.7 Å². The van der Waals surface area contributed by atoms with Gasteiger partial charge in [-0.05, 0) is 55.0 Å². The predicted octanol–water partition coefficient (Wildman–Crippen LogP) is 3.14. The maximum Gasteiger partial charge on any atom is 0.225 e. The average Bonchev–Trinajstić information content (AvgIpc) is 3.33. The molecule has 3 aliphatic rings. The Morgan fingerprint density at radius 2 is 1.77 bits per heavy atom. The largest absolute Gasteiger partial charge is 0.366 e. The van der Waals surface area contributed by atoms with Gasteiger partial charge in [-0.2, -0.15) is 5.10 Å². The predicted molar refractivity (Wildman–Crippen MR) is 122 cm³/mol. The number of nitrogens with zero attached hydrogens (tertiary/aromatic N) is 4. The van der Waals surface area contributed by atoms with Crippen molar-refractivity contribution >= 4 is 17.1 Å². The Labute approximate surface area is 182 Å². The van der Waals surface area contributed by atoms with Gasteiger partial charge in [-0.3, -0.25) is 4.79 Å². The molecule has 1 atom stereocenters. The van der Waals surface area contributed by atoms with Crippen LogP contribution in [-0.2, 0) is 4.79 Å². The number of benzene rings is 1. The highest BCUT2D eigenvalue weighted by Crippen LogP contribution is 2.33. The van der Waals surface area contributed by atoms with Crippen LogP contribution in [0.3, 0.4) is 0 Å². The normalized spacial score (nSPS) is 21.7. The van der Waals surface area contributed by atoms with E-state index < -0.39 is 0 Å². The summed E-state index contributed by atoms with van der Waals surface area (Å²) in [5.74, 6) is 1.31. The summed E-state index contributed by atoms with van der Waals surface area (Å²) in [5.41, 5.74) is 6.18. The number of hydrogen-bond donors (Lipinski definition) is 1. The van der Waals surface area contributed by atoms with E-state index in [4.69, 9.17) is 0 Å². The SMILES string of the molecule is O=C(C1CC1)N1CCN(c2ccnn3cc(-c4ccc(C5CCNC5)cc4)cc23)CC1. The zero-order chi connectivity index (χ0) is 20.8. The summed E-state index contributed by atoms with van der Waals surface area (Å²) in [6.07, 6.45) is 7.38. The van der Waals surface area contributed by atoms with Crippen LogP contribution in [0.25, 0.3) is 16.6 Å². The number of rotatable bonds is 4. The Balaban J connectivity index is 1.22. The van der Waals surface area contributed by atoms with Gasteiger partial charge in [0.05, 0.1) is 11.2 Å². The van der Waals surface area contributed by atoms with Gasteiger partial charge in [0.2, 0.25) is 5.91 Å². The third kappa shape index (κ3) is 3.59.